The molecule has 0 saturated heterocycles. The van der Waals surface area contributed by atoms with E-state index in [1.807, 2.05) is 6.08 Å². The summed E-state index contributed by atoms with van der Waals surface area (Å²) in [6.07, 6.45) is 10.8. The van der Waals surface area contributed by atoms with Crippen LogP contribution in [0.2, 0.25) is 0 Å². The summed E-state index contributed by atoms with van der Waals surface area (Å²) in [5.41, 5.74) is 2.05. The zero-order chi connectivity index (χ0) is 17.1. The Morgan fingerprint density at radius 3 is 2.75 bits per heavy atom. The zero-order valence-corrected chi connectivity index (χ0v) is 15.5. The highest BCUT2D eigenvalue weighted by molar-refractivity contribution is 5.79. The third-order valence-electron chi connectivity index (χ3n) is 8.81. The predicted molar refractivity (Wildman–Crippen MR) is 95.0 cm³/mol. The summed E-state index contributed by atoms with van der Waals surface area (Å²) in [7, 11) is 0. The van der Waals surface area contributed by atoms with Crippen molar-refractivity contribution in [1.82, 2.24) is 0 Å². The number of hydrogen-bond donors (Lipinski definition) is 0. The fraction of sp³-hybridized carbons (Fsp3) is 0.818. The minimum absolute atomic E-state index is 0.254. The molecule has 4 aliphatic carbocycles. The fourth-order valence-electron chi connectivity index (χ4n) is 7.91. The molecule has 2 nitrogen and oxygen atoms in total. The first kappa shape index (κ1) is 16.4. The summed E-state index contributed by atoms with van der Waals surface area (Å²) in [6.45, 7) is 7.42. The first-order chi connectivity index (χ1) is 11.4. The van der Waals surface area contributed by atoms with Crippen molar-refractivity contribution < 1.29 is 4.79 Å². The van der Waals surface area contributed by atoms with E-state index in [4.69, 9.17) is 0 Å². The molecule has 0 heterocycles. The molecule has 130 valence electrons. The summed E-state index contributed by atoms with van der Waals surface area (Å²) in [6, 6.07) is 2.31. The lowest BCUT2D eigenvalue weighted by Crippen LogP contribution is -2.55. The Bertz CT molecular complexity index is 628. The molecule has 4 aliphatic rings. The van der Waals surface area contributed by atoms with Gasteiger partial charge < -0.3 is 0 Å². The van der Waals surface area contributed by atoms with Crippen LogP contribution in [0.5, 0.6) is 0 Å². The van der Waals surface area contributed by atoms with Gasteiger partial charge in [-0.15, -0.1) is 0 Å². The second-order valence-corrected chi connectivity index (χ2v) is 9.76. The van der Waals surface area contributed by atoms with Crippen LogP contribution in [-0.4, -0.2) is 5.78 Å². The van der Waals surface area contributed by atoms with Gasteiger partial charge in [-0.25, -0.2) is 0 Å². The standard InChI is InChI=1S/C22H31NO/c1-14-13-22(3)15(9-11-23)5-7-19(22)18-6-4-16-12-17(24)8-10-21(16,2)20(14)18/h9,14,16,18-20H,4-8,10,12-13H2,1-3H3/b15-9-/t14-,16?,18?,19?,20?,21?,22?/m0/s1. The summed E-state index contributed by atoms with van der Waals surface area (Å²) >= 11 is 0. The van der Waals surface area contributed by atoms with Crippen LogP contribution < -0.4 is 0 Å². The molecule has 4 fully saturated rings. The van der Waals surface area contributed by atoms with E-state index < -0.39 is 0 Å². The lowest BCUT2D eigenvalue weighted by molar-refractivity contribution is -0.145. The fourth-order valence-corrected chi connectivity index (χ4v) is 7.91. The Morgan fingerprint density at radius 1 is 1.21 bits per heavy atom. The Hall–Kier alpha value is -1.10. The average Bonchev–Trinajstić information content (AvgIpc) is 2.84. The molecular weight excluding hydrogens is 294 g/mol. The smallest absolute Gasteiger partial charge is 0.133 e. The molecule has 0 aliphatic heterocycles. The number of Topliss-reactive ketones (excluding diaryl/α,β-unsaturated/α-hetero) is 1. The lowest BCUT2D eigenvalue weighted by Gasteiger charge is -2.62. The van der Waals surface area contributed by atoms with Gasteiger partial charge in [0, 0.05) is 18.9 Å². The highest BCUT2D eigenvalue weighted by Crippen LogP contribution is 2.68. The van der Waals surface area contributed by atoms with E-state index in [0.29, 0.717) is 23.0 Å². The molecule has 0 aromatic rings. The van der Waals surface area contributed by atoms with Crippen LogP contribution in [0, 0.1) is 51.8 Å². The number of fused-ring (bicyclic) bond motifs is 5. The molecule has 0 radical (unpaired) electrons. The van der Waals surface area contributed by atoms with Crippen molar-refractivity contribution in [3.05, 3.63) is 11.6 Å². The summed E-state index contributed by atoms with van der Waals surface area (Å²) in [4.78, 5) is 12.0. The van der Waals surface area contributed by atoms with Crippen molar-refractivity contribution in [3.63, 3.8) is 0 Å². The van der Waals surface area contributed by atoms with Gasteiger partial charge in [0.25, 0.3) is 0 Å². The molecule has 0 aromatic carbocycles. The van der Waals surface area contributed by atoms with Gasteiger partial charge in [-0.05, 0) is 78.9 Å². The Kier molecular flexibility index (Phi) is 3.72. The number of ketones is 1. The van der Waals surface area contributed by atoms with Crippen molar-refractivity contribution in [2.45, 2.75) is 72.1 Å². The van der Waals surface area contributed by atoms with Gasteiger partial charge in [-0.3, -0.25) is 4.79 Å². The van der Waals surface area contributed by atoms with Crippen LogP contribution in [0.4, 0.5) is 0 Å². The van der Waals surface area contributed by atoms with E-state index in [1.165, 1.54) is 31.3 Å². The van der Waals surface area contributed by atoms with Gasteiger partial charge in [-0.2, -0.15) is 5.26 Å². The van der Waals surface area contributed by atoms with Gasteiger partial charge in [0.1, 0.15) is 5.78 Å². The Morgan fingerprint density at radius 2 is 2.00 bits per heavy atom. The maximum atomic E-state index is 12.0. The third-order valence-corrected chi connectivity index (χ3v) is 8.81. The van der Waals surface area contributed by atoms with Crippen molar-refractivity contribution >= 4 is 5.78 Å². The average molecular weight is 325 g/mol. The molecular formula is C22H31NO. The quantitative estimate of drug-likeness (QED) is 0.567. The number of carbonyl (C=O) groups is 1. The second kappa shape index (κ2) is 5.45. The van der Waals surface area contributed by atoms with Gasteiger partial charge >= 0.3 is 0 Å². The van der Waals surface area contributed by atoms with Crippen LogP contribution in [-0.2, 0) is 4.79 Å². The first-order valence-electron chi connectivity index (χ1n) is 10.0. The van der Waals surface area contributed by atoms with Crippen LogP contribution in [0.1, 0.15) is 72.1 Å². The van der Waals surface area contributed by atoms with E-state index in [0.717, 1.165) is 43.4 Å². The molecule has 7 atom stereocenters. The van der Waals surface area contributed by atoms with Gasteiger partial charge in [-0.1, -0.05) is 26.3 Å². The number of carbonyl (C=O) groups excluding carboxylic acids is 1. The summed E-state index contributed by atoms with van der Waals surface area (Å²) in [5, 5.41) is 9.19. The molecule has 0 amide bonds. The van der Waals surface area contributed by atoms with Crippen molar-refractivity contribution in [2.24, 2.45) is 40.4 Å². The molecule has 4 rings (SSSR count). The molecule has 0 bridgehead atoms. The number of nitrogens with zero attached hydrogens (tertiary/aromatic N) is 1. The number of allylic oxidation sites excluding steroid dienone is 2. The molecule has 6 unspecified atom stereocenters. The van der Waals surface area contributed by atoms with E-state index >= 15 is 0 Å². The topological polar surface area (TPSA) is 40.9 Å². The van der Waals surface area contributed by atoms with Gasteiger partial charge in [0.2, 0.25) is 0 Å². The van der Waals surface area contributed by atoms with E-state index in [9.17, 15) is 10.1 Å². The van der Waals surface area contributed by atoms with Gasteiger partial charge in [0.05, 0.1) is 6.07 Å². The normalized spacial score (nSPS) is 52.3. The number of rotatable bonds is 0. The van der Waals surface area contributed by atoms with Crippen molar-refractivity contribution in [1.29, 1.82) is 5.26 Å². The molecule has 0 N–H and O–H groups in total. The minimum atomic E-state index is 0.254. The molecule has 4 saturated carbocycles. The maximum Gasteiger partial charge on any atom is 0.133 e. The number of hydrogen-bond acceptors (Lipinski definition) is 2. The van der Waals surface area contributed by atoms with Crippen LogP contribution in [0.15, 0.2) is 11.6 Å². The highest BCUT2D eigenvalue weighted by Gasteiger charge is 2.61. The van der Waals surface area contributed by atoms with Crippen LogP contribution in [0.3, 0.4) is 0 Å². The molecule has 0 spiro atoms. The Balaban J connectivity index is 1.70. The van der Waals surface area contributed by atoms with Crippen LogP contribution in [0.25, 0.3) is 0 Å². The Labute approximate surface area is 146 Å². The van der Waals surface area contributed by atoms with E-state index in [2.05, 4.69) is 26.8 Å². The highest BCUT2D eigenvalue weighted by atomic mass is 16.1. The maximum absolute atomic E-state index is 12.0. The van der Waals surface area contributed by atoms with Gasteiger partial charge in [0.15, 0.2) is 0 Å². The zero-order valence-electron chi connectivity index (χ0n) is 15.5. The molecule has 2 heteroatoms. The minimum Gasteiger partial charge on any atom is -0.300 e. The predicted octanol–water partition coefficient (Wildman–Crippen LogP) is 5.29. The number of nitriles is 1. The SMILES string of the molecule is C[C@H]1CC2(C)/C(=C\C#N)CCC2C2CCC3CC(=O)CCC3(C)C21. The second-order valence-electron chi connectivity index (χ2n) is 9.76. The van der Waals surface area contributed by atoms with E-state index in [1.54, 1.807) is 0 Å². The third kappa shape index (κ3) is 2.09. The van der Waals surface area contributed by atoms with E-state index in [-0.39, 0.29) is 5.41 Å². The lowest BCUT2D eigenvalue weighted by atomic mass is 9.43. The first-order valence-corrected chi connectivity index (χ1v) is 10.0. The van der Waals surface area contributed by atoms with Crippen molar-refractivity contribution in [3.8, 4) is 6.07 Å². The largest absolute Gasteiger partial charge is 0.300 e. The summed E-state index contributed by atoms with van der Waals surface area (Å²) < 4.78 is 0. The van der Waals surface area contributed by atoms with Crippen LogP contribution >= 0.6 is 0 Å². The summed E-state index contributed by atoms with van der Waals surface area (Å²) in [5.74, 6) is 4.18. The van der Waals surface area contributed by atoms with Crippen molar-refractivity contribution in [2.75, 3.05) is 0 Å². The molecule has 24 heavy (non-hydrogen) atoms. The monoisotopic (exact) mass is 325 g/mol. The molecule has 0 aromatic heterocycles.